The molecule has 2 amide bonds. The Morgan fingerprint density at radius 3 is 1.50 bits per heavy atom. The van der Waals surface area contributed by atoms with Gasteiger partial charge in [0.15, 0.2) is 0 Å². The van der Waals surface area contributed by atoms with Gasteiger partial charge in [-0.25, -0.2) is 10.9 Å². The van der Waals surface area contributed by atoms with Crippen LogP contribution in [0.15, 0.2) is 83.0 Å². The van der Waals surface area contributed by atoms with E-state index in [0.29, 0.717) is 35.8 Å². The van der Waals surface area contributed by atoms with Gasteiger partial charge in [-0.1, -0.05) is 60.7 Å². The molecule has 0 heterocycles. The van der Waals surface area contributed by atoms with Gasteiger partial charge >= 0.3 is 11.8 Å². The van der Waals surface area contributed by atoms with Crippen LogP contribution in [0.5, 0.6) is 11.5 Å². The van der Waals surface area contributed by atoms with Crippen LogP contribution in [-0.2, 0) is 9.59 Å². The first kappa shape index (κ1) is 24.4. The summed E-state index contributed by atoms with van der Waals surface area (Å²) in [6.07, 6.45) is 2.93. The van der Waals surface area contributed by atoms with Gasteiger partial charge in [-0.15, -0.1) is 0 Å². The van der Waals surface area contributed by atoms with Gasteiger partial charge in [0.05, 0.1) is 25.6 Å². The van der Waals surface area contributed by atoms with Crippen molar-refractivity contribution in [3.63, 3.8) is 0 Å². The summed E-state index contributed by atoms with van der Waals surface area (Å²) in [6.45, 7) is 4.73. The maximum atomic E-state index is 12.3. The van der Waals surface area contributed by atoms with Crippen LogP contribution >= 0.6 is 0 Å². The van der Waals surface area contributed by atoms with E-state index < -0.39 is 11.8 Å². The Hall–Kier alpha value is -4.72. The SMILES string of the molecule is CCOc1ccc2ccccc2c1C=NNC(=O)C(=O)NN=Cc1c(OCC)ccc2ccccc12. The maximum Gasteiger partial charge on any atom is 0.331 e. The predicted octanol–water partition coefficient (Wildman–Crippen LogP) is 4.39. The fourth-order valence-corrected chi connectivity index (χ4v) is 3.79. The minimum Gasteiger partial charge on any atom is -0.493 e. The zero-order chi connectivity index (χ0) is 25.3. The first-order valence-electron chi connectivity index (χ1n) is 11.6. The number of benzene rings is 4. The molecule has 0 saturated heterocycles. The number of carbonyl (C=O) groups is 2. The standard InChI is InChI=1S/C28H26N4O4/c1-3-35-25-15-13-19-9-5-7-11-21(19)23(25)17-29-31-27(33)28(34)32-30-18-24-22-12-8-6-10-20(22)14-16-26(24)36-4-2/h5-18H,3-4H2,1-2H3,(H,31,33)(H,32,34). The molecular formula is C28H26N4O4. The van der Waals surface area contributed by atoms with E-state index in [-0.39, 0.29) is 0 Å². The third-order valence-electron chi connectivity index (χ3n) is 5.39. The summed E-state index contributed by atoms with van der Waals surface area (Å²) in [4.78, 5) is 24.5. The Kier molecular flexibility index (Phi) is 7.87. The Bertz CT molecular complexity index is 1350. The highest BCUT2D eigenvalue weighted by Gasteiger charge is 2.13. The van der Waals surface area contributed by atoms with Crippen LogP contribution in [0.1, 0.15) is 25.0 Å². The van der Waals surface area contributed by atoms with Crippen LogP contribution in [0.3, 0.4) is 0 Å². The minimum absolute atomic E-state index is 0.480. The molecule has 0 radical (unpaired) electrons. The van der Waals surface area contributed by atoms with Gasteiger partial charge in [0.2, 0.25) is 0 Å². The lowest BCUT2D eigenvalue weighted by Crippen LogP contribution is -2.35. The molecule has 0 unspecified atom stereocenters. The van der Waals surface area contributed by atoms with Gasteiger partial charge in [0, 0.05) is 11.1 Å². The molecule has 36 heavy (non-hydrogen) atoms. The van der Waals surface area contributed by atoms with Crippen molar-refractivity contribution in [3.05, 3.63) is 83.9 Å². The third kappa shape index (κ3) is 5.50. The van der Waals surface area contributed by atoms with Crippen LogP contribution in [0, 0.1) is 0 Å². The molecule has 4 aromatic carbocycles. The van der Waals surface area contributed by atoms with Gasteiger partial charge in [-0.3, -0.25) is 9.59 Å². The summed E-state index contributed by atoms with van der Waals surface area (Å²) in [5, 5.41) is 11.8. The molecule has 0 saturated carbocycles. The molecule has 4 rings (SSSR count). The topological polar surface area (TPSA) is 101 Å². The lowest BCUT2D eigenvalue weighted by atomic mass is 10.0. The van der Waals surface area contributed by atoms with Gasteiger partial charge in [0.25, 0.3) is 0 Å². The number of ether oxygens (including phenoxy) is 2. The van der Waals surface area contributed by atoms with Crippen molar-refractivity contribution in [2.24, 2.45) is 10.2 Å². The molecule has 0 aliphatic heterocycles. The van der Waals surface area contributed by atoms with Gasteiger partial charge < -0.3 is 9.47 Å². The summed E-state index contributed by atoms with van der Waals surface area (Å²) in [6, 6.07) is 23.1. The molecule has 2 N–H and O–H groups in total. The average Bonchev–Trinajstić information content (AvgIpc) is 2.90. The molecule has 0 aliphatic rings. The second-order valence-corrected chi connectivity index (χ2v) is 7.66. The first-order valence-corrected chi connectivity index (χ1v) is 11.6. The van der Waals surface area contributed by atoms with E-state index in [1.807, 2.05) is 86.6 Å². The molecule has 0 aromatic heterocycles. The van der Waals surface area contributed by atoms with E-state index in [2.05, 4.69) is 21.1 Å². The molecular weight excluding hydrogens is 456 g/mol. The fraction of sp³-hybridized carbons (Fsp3) is 0.143. The van der Waals surface area contributed by atoms with Gasteiger partial charge in [0.1, 0.15) is 11.5 Å². The predicted molar refractivity (Wildman–Crippen MR) is 142 cm³/mol. The zero-order valence-electron chi connectivity index (χ0n) is 20.0. The van der Waals surface area contributed by atoms with Crippen molar-refractivity contribution >= 4 is 45.8 Å². The Balaban J connectivity index is 1.46. The van der Waals surface area contributed by atoms with Crippen LogP contribution in [0.2, 0.25) is 0 Å². The molecule has 0 aliphatic carbocycles. The molecule has 8 heteroatoms. The van der Waals surface area contributed by atoms with Crippen molar-refractivity contribution in [3.8, 4) is 11.5 Å². The van der Waals surface area contributed by atoms with Crippen molar-refractivity contribution in [1.29, 1.82) is 0 Å². The number of carbonyl (C=O) groups excluding carboxylic acids is 2. The van der Waals surface area contributed by atoms with E-state index in [1.165, 1.54) is 12.4 Å². The molecule has 0 atom stereocenters. The normalized spacial score (nSPS) is 11.3. The highest BCUT2D eigenvalue weighted by atomic mass is 16.5. The molecule has 0 spiro atoms. The summed E-state index contributed by atoms with van der Waals surface area (Å²) in [5.41, 5.74) is 5.88. The van der Waals surface area contributed by atoms with E-state index >= 15 is 0 Å². The highest BCUT2D eigenvalue weighted by molar-refractivity contribution is 6.35. The molecule has 0 fully saturated rings. The maximum absolute atomic E-state index is 12.3. The number of hydrogen-bond donors (Lipinski definition) is 2. The quantitative estimate of drug-likeness (QED) is 0.221. The Morgan fingerprint density at radius 1 is 0.667 bits per heavy atom. The highest BCUT2D eigenvalue weighted by Crippen LogP contribution is 2.27. The summed E-state index contributed by atoms with van der Waals surface area (Å²) >= 11 is 0. The first-order chi connectivity index (χ1) is 17.6. The lowest BCUT2D eigenvalue weighted by Gasteiger charge is -2.10. The summed E-state index contributed by atoms with van der Waals surface area (Å²) in [5.74, 6) is -0.652. The molecule has 0 bridgehead atoms. The number of hydrogen-bond acceptors (Lipinski definition) is 6. The second-order valence-electron chi connectivity index (χ2n) is 7.66. The molecule has 182 valence electrons. The van der Waals surface area contributed by atoms with Crippen LogP contribution < -0.4 is 20.3 Å². The van der Waals surface area contributed by atoms with E-state index in [0.717, 1.165) is 21.5 Å². The molecule has 8 nitrogen and oxygen atoms in total. The lowest BCUT2D eigenvalue weighted by molar-refractivity contribution is -0.139. The zero-order valence-corrected chi connectivity index (χ0v) is 20.0. The molecule has 4 aromatic rings. The average molecular weight is 483 g/mol. The van der Waals surface area contributed by atoms with Gasteiger partial charge in [-0.05, 0) is 47.5 Å². The smallest absolute Gasteiger partial charge is 0.331 e. The van der Waals surface area contributed by atoms with Crippen molar-refractivity contribution in [1.82, 2.24) is 10.9 Å². The van der Waals surface area contributed by atoms with Crippen LogP contribution in [-0.4, -0.2) is 37.5 Å². The minimum atomic E-state index is -0.954. The Morgan fingerprint density at radius 2 is 1.08 bits per heavy atom. The number of fused-ring (bicyclic) bond motifs is 2. The largest absolute Gasteiger partial charge is 0.493 e. The number of amides is 2. The second kappa shape index (κ2) is 11.6. The summed E-state index contributed by atoms with van der Waals surface area (Å²) in [7, 11) is 0. The van der Waals surface area contributed by atoms with Crippen LogP contribution in [0.25, 0.3) is 21.5 Å². The van der Waals surface area contributed by atoms with Gasteiger partial charge in [-0.2, -0.15) is 10.2 Å². The number of hydrazone groups is 2. The number of nitrogens with one attached hydrogen (secondary N) is 2. The number of rotatable bonds is 8. The Labute approximate surface area is 208 Å². The fourth-order valence-electron chi connectivity index (χ4n) is 3.79. The van der Waals surface area contributed by atoms with Crippen molar-refractivity contribution in [2.45, 2.75) is 13.8 Å². The van der Waals surface area contributed by atoms with E-state index in [4.69, 9.17) is 9.47 Å². The third-order valence-corrected chi connectivity index (χ3v) is 5.39. The van der Waals surface area contributed by atoms with Crippen molar-refractivity contribution < 1.29 is 19.1 Å². The summed E-state index contributed by atoms with van der Waals surface area (Å²) < 4.78 is 11.4. The number of nitrogens with zero attached hydrogens (tertiary/aromatic N) is 2. The van der Waals surface area contributed by atoms with E-state index in [9.17, 15) is 9.59 Å². The van der Waals surface area contributed by atoms with E-state index in [1.54, 1.807) is 0 Å². The monoisotopic (exact) mass is 482 g/mol. The van der Waals surface area contributed by atoms with Crippen LogP contribution in [0.4, 0.5) is 0 Å². The van der Waals surface area contributed by atoms with Crippen molar-refractivity contribution in [2.75, 3.05) is 13.2 Å².